The molecule has 0 spiro atoms. The van der Waals surface area contributed by atoms with Gasteiger partial charge in [-0.15, -0.1) is 0 Å². The van der Waals surface area contributed by atoms with E-state index < -0.39 is 6.10 Å². The number of aliphatic hydroxyl groups excluding tert-OH is 1. The van der Waals surface area contributed by atoms with E-state index in [4.69, 9.17) is 0 Å². The second-order valence-corrected chi connectivity index (χ2v) is 4.30. The van der Waals surface area contributed by atoms with Crippen LogP contribution >= 0.6 is 0 Å². The van der Waals surface area contributed by atoms with E-state index in [0.717, 1.165) is 5.56 Å². The molecule has 0 aliphatic carbocycles. The summed E-state index contributed by atoms with van der Waals surface area (Å²) in [5, 5.41) is 17.2. The van der Waals surface area contributed by atoms with Crippen LogP contribution in [0.5, 0.6) is 0 Å². The molecule has 0 aromatic carbocycles. The van der Waals surface area contributed by atoms with Crippen LogP contribution in [-0.4, -0.2) is 32.5 Å². The van der Waals surface area contributed by atoms with Crippen LogP contribution in [0.15, 0.2) is 43.0 Å². The summed E-state index contributed by atoms with van der Waals surface area (Å²) in [6.45, 7) is 3.08. The third-order valence-electron chi connectivity index (χ3n) is 2.80. The Balaban J connectivity index is 1.77. The molecule has 18 heavy (non-hydrogen) atoms. The van der Waals surface area contributed by atoms with Crippen molar-refractivity contribution < 1.29 is 5.11 Å². The molecule has 5 nitrogen and oxygen atoms in total. The summed E-state index contributed by atoms with van der Waals surface area (Å²) in [7, 11) is 0. The number of nitrogens with one attached hydrogen (secondary N) is 1. The second kappa shape index (κ2) is 6.28. The molecular formula is C13H18N4O. The Kier molecular flexibility index (Phi) is 4.44. The fourth-order valence-corrected chi connectivity index (χ4v) is 1.75. The molecule has 2 N–H and O–H groups in total. The normalized spacial score (nSPS) is 14.3. The number of nitrogens with zero attached hydrogens (tertiary/aromatic N) is 3. The van der Waals surface area contributed by atoms with Crippen LogP contribution in [0, 0.1) is 0 Å². The van der Waals surface area contributed by atoms with Gasteiger partial charge in [-0.1, -0.05) is 6.07 Å². The molecule has 1 unspecified atom stereocenters. The van der Waals surface area contributed by atoms with Crippen LogP contribution in [0.2, 0.25) is 0 Å². The van der Waals surface area contributed by atoms with E-state index in [1.807, 2.05) is 30.6 Å². The first-order chi connectivity index (χ1) is 8.75. The fraction of sp³-hybridized carbons (Fsp3) is 0.385. The van der Waals surface area contributed by atoms with E-state index in [2.05, 4.69) is 22.3 Å². The maximum absolute atomic E-state index is 9.88. The molecule has 0 aliphatic heterocycles. The van der Waals surface area contributed by atoms with Gasteiger partial charge in [-0.2, -0.15) is 5.10 Å². The molecule has 2 atom stereocenters. The van der Waals surface area contributed by atoms with E-state index in [9.17, 15) is 5.11 Å². The SMILES string of the molecule is C[C@@H](NCC(O)Cn1cccn1)c1cccnc1. The molecule has 96 valence electrons. The zero-order valence-electron chi connectivity index (χ0n) is 10.4. The summed E-state index contributed by atoms with van der Waals surface area (Å²) >= 11 is 0. The van der Waals surface area contributed by atoms with Crippen LogP contribution in [-0.2, 0) is 6.54 Å². The Morgan fingerprint density at radius 3 is 2.94 bits per heavy atom. The Bertz CT molecular complexity index is 443. The largest absolute Gasteiger partial charge is 0.390 e. The minimum absolute atomic E-state index is 0.172. The van der Waals surface area contributed by atoms with Gasteiger partial charge in [-0.3, -0.25) is 9.67 Å². The van der Waals surface area contributed by atoms with Crippen LogP contribution in [0.4, 0.5) is 0 Å². The first kappa shape index (κ1) is 12.7. The number of aliphatic hydroxyl groups is 1. The summed E-state index contributed by atoms with van der Waals surface area (Å²) < 4.78 is 1.72. The first-order valence-electron chi connectivity index (χ1n) is 6.04. The van der Waals surface area contributed by atoms with Crippen LogP contribution in [0.3, 0.4) is 0 Å². The molecule has 2 aromatic rings. The van der Waals surface area contributed by atoms with Gasteiger partial charge in [0.25, 0.3) is 0 Å². The number of aromatic nitrogens is 3. The standard InChI is InChI=1S/C13H18N4O/c1-11(12-4-2-5-14-8-12)15-9-13(18)10-17-7-3-6-16-17/h2-8,11,13,15,18H,9-10H2,1H3/t11-,13?/m1/s1. The summed E-state index contributed by atoms with van der Waals surface area (Å²) in [5.41, 5.74) is 1.11. The van der Waals surface area contributed by atoms with Gasteiger partial charge in [0, 0.05) is 37.4 Å². The first-order valence-corrected chi connectivity index (χ1v) is 6.04. The van der Waals surface area contributed by atoms with Crippen molar-refractivity contribution in [1.82, 2.24) is 20.1 Å². The molecule has 2 rings (SSSR count). The monoisotopic (exact) mass is 246 g/mol. The van der Waals surface area contributed by atoms with Crippen molar-refractivity contribution in [3.63, 3.8) is 0 Å². The zero-order chi connectivity index (χ0) is 12.8. The number of rotatable bonds is 6. The summed E-state index contributed by atoms with van der Waals surface area (Å²) in [5.74, 6) is 0. The maximum Gasteiger partial charge on any atom is 0.0860 e. The van der Waals surface area contributed by atoms with Crippen molar-refractivity contribution in [1.29, 1.82) is 0 Å². The van der Waals surface area contributed by atoms with Crippen molar-refractivity contribution >= 4 is 0 Å². The molecule has 5 heteroatoms. The predicted octanol–water partition coefficient (Wildman–Crippen LogP) is 0.990. The third kappa shape index (κ3) is 3.65. The molecular weight excluding hydrogens is 228 g/mol. The van der Waals surface area contributed by atoms with Crippen molar-refractivity contribution in [2.75, 3.05) is 6.54 Å². The van der Waals surface area contributed by atoms with E-state index in [-0.39, 0.29) is 6.04 Å². The Morgan fingerprint density at radius 2 is 2.28 bits per heavy atom. The van der Waals surface area contributed by atoms with E-state index in [1.54, 1.807) is 17.1 Å². The van der Waals surface area contributed by atoms with Gasteiger partial charge in [0.05, 0.1) is 12.6 Å². The van der Waals surface area contributed by atoms with Gasteiger partial charge >= 0.3 is 0 Å². The second-order valence-electron chi connectivity index (χ2n) is 4.30. The Morgan fingerprint density at radius 1 is 1.39 bits per heavy atom. The molecule has 2 heterocycles. The van der Waals surface area contributed by atoms with Crippen molar-refractivity contribution in [3.8, 4) is 0 Å². The molecule has 0 saturated heterocycles. The number of hydrogen-bond acceptors (Lipinski definition) is 4. The summed E-state index contributed by atoms with van der Waals surface area (Å²) in [4.78, 5) is 4.08. The van der Waals surface area contributed by atoms with Gasteiger partial charge in [0.15, 0.2) is 0 Å². The molecule has 0 radical (unpaired) electrons. The van der Waals surface area contributed by atoms with Crippen LogP contribution in [0.1, 0.15) is 18.5 Å². The summed E-state index contributed by atoms with van der Waals surface area (Å²) in [6.07, 6.45) is 6.68. The topological polar surface area (TPSA) is 63.0 Å². The van der Waals surface area contributed by atoms with Gasteiger partial charge in [-0.25, -0.2) is 0 Å². The Hall–Kier alpha value is -1.72. The maximum atomic E-state index is 9.88. The highest BCUT2D eigenvalue weighted by Crippen LogP contribution is 2.09. The highest BCUT2D eigenvalue weighted by atomic mass is 16.3. The number of pyridine rings is 1. The number of hydrogen-bond donors (Lipinski definition) is 2. The predicted molar refractivity (Wildman–Crippen MR) is 68.9 cm³/mol. The molecule has 0 saturated carbocycles. The van der Waals surface area contributed by atoms with Crippen molar-refractivity contribution in [3.05, 3.63) is 48.5 Å². The lowest BCUT2D eigenvalue weighted by atomic mass is 10.1. The van der Waals surface area contributed by atoms with Crippen LogP contribution in [0.25, 0.3) is 0 Å². The smallest absolute Gasteiger partial charge is 0.0860 e. The fourth-order valence-electron chi connectivity index (χ4n) is 1.75. The average Bonchev–Trinajstić information content (AvgIpc) is 2.90. The van der Waals surface area contributed by atoms with E-state index in [0.29, 0.717) is 13.1 Å². The van der Waals surface area contributed by atoms with Crippen LogP contribution < -0.4 is 5.32 Å². The molecule has 0 bridgehead atoms. The summed E-state index contributed by atoms with van der Waals surface area (Å²) in [6, 6.07) is 5.95. The minimum atomic E-state index is -0.455. The van der Waals surface area contributed by atoms with Gasteiger partial charge in [0.1, 0.15) is 0 Å². The lowest BCUT2D eigenvalue weighted by molar-refractivity contribution is 0.143. The van der Waals surface area contributed by atoms with E-state index >= 15 is 0 Å². The molecule has 2 aromatic heterocycles. The third-order valence-corrected chi connectivity index (χ3v) is 2.80. The molecule has 0 aliphatic rings. The lowest BCUT2D eigenvalue weighted by Gasteiger charge is -2.17. The van der Waals surface area contributed by atoms with Crippen molar-refractivity contribution in [2.45, 2.75) is 25.6 Å². The molecule has 0 fully saturated rings. The zero-order valence-corrected chi connectivity index (χ0v) is 10.4. The average molecular weight is 246 g/mol. The van der Waals surface area contributed by atoms with Crippen molar-refractivity contribution in [2.24, 2.45) is 0 Å². The Labute approximate surface area is 106 Å². The highest BCUT2D eigenvalue weighted by Gasteiger charge is 2.09. The van der Waals surface area contributed by atoms with Gasteiger partial charge in [-0.05, 0) is 24.6 Å². The van der Waals surface area contributed by atoms with Gasteiger partial charge in [0.2, 0.25) is 0 Å². The van der Waals surface area contributed by atoms with E-state index in [1.165, 1.54) is 0 Å². The van der Waals surface area contributed by atoms with Gasteiger partial charge < -0.3 is 10.4 Å². The highest BCUT2D eigenvalue weighted by molar-refractivity contribution is 5.12. The lowest BCUT2D eigenvalue weighted by Crippen LogP contribution is -2.32. The minimum Gasteiger partial charge on any atom is -0.390 e. The molecule has 0 amide bonds. The quantitative estimate of drug-likeness (QED) is 0.798.